The van der Waals surface area contributed by atoms with Crippen molar-refractivity contribution in [1.29, 1.82) is 0 Å². The first-order chi connectivity index (χ1) is 10.4. The molecule has 2 aromatic carbocycles. The molecular formula is C18H21NO2. The third kappa shape index (κ3) is 4.23. The van der Waals surface area contributed by atoms with E-state index in [1.807, 2.05) is 54.6 Å². The van der Waals surface area contributed by atoms with Gasteiger partial charge in [-0.25, -0.2) is 0 Å². The zero-order chi connectivity index (χ0) is 14.3. The van der Waals surface area contributed by atoms with E-state index in [0.717, 1.165) is 30.4 Å². The molecule has 1 aliphatic rings. The van der Waals surface area contributed by atoms with Crippen LogP contribution < -0.4 is 14.8 Å². The number of rotatable bonds is 5. The van der Waals surface area contributed by atoms with Crippen molar-refractivity contribution in [2.45, 2.75) is 25.3 Å². The molecule has 0 saturated carbocycles. The fraction of sp³-hybridized carbons (Fsp3) is 0.333. The summed E-state index contributed by atoms with van der Waals surface area (Å²) < 4.78 is 11.6. The fourth-order valence-corrected chi connectivity index (χ4v) is 2.49. The van der Waals surface area contributed by atoms with Gasteiger partial charge in [0, 0.05) is 6.04 Å². The van der Waals surface area contributed by atoms with Gasteiger partial charge in [-0.15, -0.1) is 0 Å². The zero-order valence-electron chi connectivity index (χ0n) is 12.1. The highest BCUT2D eigenvalue weighted by molar-refractivity contribution is 5.35. The molecule has 0 aromatic heterocycles. The topological polar surface area (TPSA) is 30.5 Å². The number of hydrogen-bond donors (Lipinski definition) is 1. The quantitative estimate of drug-likeness (QED) is 0.899. The summed E-state index contributed by atoms with van der Waals surface area (Å²) in [6.07, 6.45) is 3.78. The van der Waals surface area contributed by atoms with Gasteiger partial charge < -0.3 is 14.8 Å². The van der Waals surface area contributed by atoms with Gasteiger partial charge in [-0.2, -0.15) is 0 Å². The van der Waals surface area contributed by atoms with Crippen molar-refractivity contribution in [1.82, 2.24) is 5.32 Å². The average Bonchev–Trinajstić information content (AvgIpc) is 2.56. The van der Waals surface area contributed by atoms with Crippen LogP contribution in [0.5, 0.6) is 17.2 Å². The minimum absolute atomic E-state index is 0.485. The molecule has 0 spiro atoms. The van der Waals surface area contributed by atoms with Gasteiger partial charge in [-0.05, 0) is 55.8 Å². The maximum absolute atomic E-state index is 5.83. The van der Waals surface area contributed by atoms with Crippen LogP contribution in [0.2, 0.25) is 0 Å². The lowest BCUT2D eigenvalue weighted by atomic mass is 10.1. The summed E-state index contributed by atoms with van der Waals surface area (Å²) in [6, 6.07) is 18.1. The molecule has 3 rings (SSSR count). The molecule has 1 atom stereocenters. The Morgan fingerprint density at radius 1 is 0.857 bits per heavy atom. The first kappa shape index (κ1) is 14.0. The molecule has 1 aliphatic heterocycles. The van der Waals surface area contributed by atoms with E-state index in [1.165, 1.54) is 19.3 Å². The van der Waals surface area contributed by atoms with Crippen LogP contribution in [-0.4, -0.2) is 19.2 Å². The minimum Gasteiger partial charge on any atom is -0.492 e. The van der Waals surface area contributed by atoms with Crippen molar-refractivity contribution >= 4 is 0 Å². The van der Waals surface area contributed by atoms with Gasteiger partial charge >= 0.3 is 0 Å². The highest BCUT2D eigenvalue weighted by Gasteiger charge is 2.12. The first-order valence-corrected chi connectivity index (χ1v) is 7.59. The summed E-state index contributed by atoms with van der Waals surface area (Å²) >= 11 is 0. The second-order valence-electron chi connectivity index (χ2n) is 5.34. The number of para-hydroxylation sites is 1. The first-order valence-electron chi connectivity index (χ1n) is 7.59. The maximum Gasteiger partial charge on any atom is 0.127 e. The van der Waals surface area contributed by atoms with E-state index >= 15 is 0 Å². The van der Waals surface area contributed by atoms with Crippen LogP contribution in [0, 0.1) is 0 Å². The average molecular weight is 283 g/mol. The lowest BCUT2D eigenvalue weighted by molar-refractivity contribution is 0.239. The molecule has 3 nitrogen and oxygen atoms in total. The van der Waals surface area contributed by atoms with Crippen LogP contribution >= 0.6 is 0 Å². The maximum atomic E-state index is 5.83. The molecule has 0 amide bonds. The lowest BCUT2D eigenvalue weighted by Crippen LogP contribution is -2.38. The predicted molar refractivity (Wildman–Crippen MR) is 84.1 cm³/mol. The van der Waals surface area contributed by atoms with Gasteiger partial charge in [0.15, 0.2) is 0 Å². The molecule has 0 aliphatic carbocycles. The van der Waals surface area contributed by atoms with Gasteiger partial charge in [0.25, 0.3) is 0 Å². The second kappa shape index (κ2) is 7.14. The molecule has 1 saturated heterocycles. The van der Waals surface area contributed by atoms with Gasteiger partial charge in [0.1, 0.15) is 23.9 Å². The monoisotopic (exact) mass is 283 g/mol. The van der Waals surface area contributed by atoms with Crippen molar-refractivity contribution in [3.05, 3.63) is 54.6 Å². The van der Waals surface area contributed by atoms with Crippen LogP contribution in [0.3, 0.4) is 0 Å². The molecular weight excluding hydrogens is 262 g/mol. The number of ether oxygens (including phenoxy) is 2. The SMILES string of the molecule is c1ccc(Oc2ccc(OC[C@@H]3CCCCN3)cc2)cc1. The van der Waals surface area contributed by atoms with Crippen LogP contribution in [-0.2, 0) is 0 Å². The van der Waals surface area contributed by atoms with Crippen molar-refractivity contribution < 1.29 is 9.47 Å². The summed E-state index contributed by atoms with van der Waals surface area (Å²) in [6.45, 7) is 1.84. The largest absolute Gasteiger partial charge is 0.492 e. The molecule has 1 fully saturated rings. The molecule has 3 heteroatoms. The van der Waals surface area contributed by atoms with Crippen LogP contribution in [0.25, 0.3) is 0 Å². The summed E-state index contributed by atoms with van der Waals surface area (Å²) in [7, 11) is 0. The van der Waals surface area contributed by atoms with E-state index in [0.29, 0.717) is 6.04 Å². The summed E-state index contributed by atoms with van der Waals surface area (Å²) in [5, 5.41) is 3.48. The summed E-state index contributed by atoms with van der Waals surface area (Å²) in [5.74, 6) is 2.56. The molecule has 0 radical (unpaired) electrons. The Balaban J connectivity index is 1.51. The van der Waals surface area contributed by atoms with E-state index in [1.54, 1.807) is 0 Å². The number of piperidine rings is 1. The van der Waals surface area contributed by atoms with Crippen LogP contribution in [0.1, 0.15) is 19.3 Å². The summed E-state index contributed by atoms with van der Waals surface area (Å²) in [5.41, 5.74) is 0. The standard InChI is InChI=1S/C18H21NO2/c1-2-7-17(8-3-1)21-18-11-9-16(10-12-18)20-14-15-6-4-5-13-19-15/h1-3,7-12,15,19H,4-6,13-14H2/t15-/m0/s1. The third-order valence-corrected chi connectivity index (χ3v) is 3.67. The Morgan fingerprint density at radius 2 is 1.57 bits per heavy atom. The van der Waals surface area contributed by atoms with Gasteiger partial charge in [-0.3, -0.25) is 0 Å². The van der Waals surface area contributed by atoms with E-state index < -0.39 is 0 Å². The number of hydrogen-bond acceptors (Lipinski definition) is 3. The van der Waals surface area contributed by atoms with Gasteiger partial charge in [0.2, 0.25) is 0 Å². The Hall–Kier alpha value is -2.00. The number of benzene rings is 2. The van der Waals surface area contributed by atoms with Crippen LogP contribution in [0.4, 0.5) is 0 Å². The third-order valence-electron chi connectivity index (χ3n) is 3.67. The predicted octanol–water partition coefficient (Wildman–Crippen LogP) is 4.00. The van der Waals surface area contributed by atoms with Gasteiger partial charge in [0.05, 0.1) is 0 Å². The lowest BCUT2D eigenvalue weighted by Gasteiger charge is -2.23. The highest BCUT2D eigenvalue weighted by Crippen LogP contribution is 2.23. The van der Waals surface area contributed by atoms with E-state index in [4.69, 9.17) is 9.47 Å². The normalized spacial score (nSPS) is 18.2. The zero-order valence-corrected chi connectivity index (χ0v) is 12.1. The highest BCUT2D eigenvalue weighted by atomic mass is 16.5. The molecule has 1 N–H and O–H groups in total. The van der Waals surface area contributed by atoms with Crippen molar-refractivity contribution in [3.8, 4) is 17.2 Å². The molecule has 21 heavy (non-hydrogen) atoms. The van der Waals surface area contributed by atoms with E-state index in [2.05, 4.69) is 5.32 Å². The molecule has 0 unspecified atom stereocenters. The summed E-state index contributed by atoms with van der Waals surface area (Å²) in [4.78, 5) is 0. The number of nitrogens with one attached hydrogen (secondary N) is 1. The smallest absolute Gasteiger partial charge is 0.127 e. The van der Waals surface area contributed by atoms with Gasteiger partial charge in [-0.1, -0.05) is 24.6 Å². The van der Waals surface area contributed by atoms with E-state index in [-0.39, 0.29) is 0 Å². The Bertz CT molecular complexity index is 533. The Kier molecular flexibility index (Phi) is 4.74. The molecule has 110 valence electrons. The van der Waals surface area contributed by atoms with Crippen LogP contribution in [0.15, 0.2) is 54.6 Å². The fourth-order valence-electron chi connectivity index (χ4n) is 2.49. The second-order valence-corrected chi connectivity index (χ2v) is 5.34. The minimum atomic E-state index is 0.485. The molecule has 2 aromatic rings. The molecule has 1 heterocycles. The van der Waals surface area contributed by atoms with Crippen molar-refractivity contribution in [3.63, 3.8) is 0 Å². The van der Waals surface area contributed by atoms with Crippen molar-refractivity contribution in [2.24, 2.45) is 0 Å². The van der Waals surface area contributed by atoms with Crippen molar-refractivity contribution in [2.75, 3.05) is 13.2 Å². The Labute approximate surface area is 125 Å². The van der Waals surface area contributed by atoms with E-state index in [9.17, 15) is 0 Å². The Morgan fingerprint density at radius 3 is 2.29 bits per heavy atom. The molecule has 0 bridgehead atoms.